The molecule has 1 aliphatic rings. The molecule has 0 radical (unpaired) electrons. The zero-order chi connectivity index (χ0) is 19.7. The third-order valence-electron chi connectivity index (χ3n) is 5.42. The van der Waals surface area contributed by atoms with Crippen molar-refractivity contribution < 1.29 is 8.42 Å². The van der Waals surface area contributed by atoms with Gasteiger partial charge in [-0.25, -0.2) is 8.42 Å². The third-order valence-corrected chi connectivity index (χ3v) is 7.13. The van der Waals surface area contributed by atoms with E-state index in [1.165, 1.54) is 5.56 Å². The fraction of sp³-hybridized carbons (Fsp3) is 0.455. The Kier molecular flexibility index (Phi) is 7.32. The molecule has 6 heteroatoms. The molecule has 154 valence electrons. The Morgan fingerprint density at radius 1 is 1.00 bits per heavy atom. The summed E-state index contributed by atoms with van der Waals surface area (Å²) >= 11 is 0. The maximum atomic E-state index is 12.7. The highest BCUT2D eigenvalue weighted by molar-refractivity contribution is 7.91. The van der Waals surface area contributed by atoms with E-state index in [2.05, 4.69) is 37.8 Å². The average molecular weight is 423 g/mol. The molecule has 2 atom stereocenters. The molecule has 0 amide bonds. The van der Waals surface area contributed by atoms with Crippen LogP contribution in [-0.2, 0) is 15.3 Å². The number of hydrogen-bond donors (Lipinski definition) is 1. The first-order valence-corrected chi connectivity index (χ1v) is 11.2. The Labute approximate surface area is 175 Å². The Morgan fingerprint density at radius 2 is 1.61 bits per heavy atom. The number of likely N-dealkylation sites (tertiary alicyclic amines) is 1. The number of rotatable bonds is 5. The summed E-state index contributed by atoms with van der Waals surface area (Å²) in [7, 11) is -3.29. The summed E-state index contributed by atoms with van der Waals surface area (Å²) in [4.78, 5) is 2.57. The van der Waals surface area contributed by atoms with E-state index in [-0.39, 0.29) is 35.5 Å². The summed E-state index contributed by atoms with van der Waals surface area (Å²) in [6.07, 6.45) is 0. The van der Waals surface area contributed by atoms with Crippen LogP contribution in [0.15, 0.2) is 59.5 Å². The van der Waals surface area contributed by atoms with E-state index in [1.807, 2.05) is 30.3 Å². The first-order chi connectivity index (χ1) is 12.7. The van der Waals surface area contributed by atoms with Crippen LogP contribution in [0.25, 0.3) is 0 Å². The molecule has 0 aliphatic carbocycles. The Hall–Kier alpha value is -1.40. The molecule has 0 unspecified atom stereocenters. The van der Waals surface area contributed by atoms with Crippen molar-refractivity contribution in [3.63, 3.8) is 0 Å². The second-order valence-electron chi connectivity index (χ2n) is 8.53. The predicted molar refractivity (Wildman–Crippen MR) is 118 cm³/mol. The standard InChI is InChI=1S/C22H30N2O2S.ClH/c1-22(2,3)18-9-11-19(12-10-18)27(25,26)14-13-24-15-20(21(23)16-24)17-7-5-4-6-8-17;/h4-12,20-21H,13-16,23H2,1-3H3;1H/t20-,21+;/m0./s1. The van der Waals surface area contributed by atoms with Gasteiger partial charge >= 0.3 is 0 Å². The van der Waals surface area contributed by atoms with Gasteiger partial charge in [-0.15, -0.1) is 12.4 Å². The monoisotopic (exact) mass is 422 g/mol. The van der Waals surface area contributed by atoms with E-state index in [9.17, 15) is 8.42 Å². The molecule has 2 N–H and O–H groups in total. The number of benzene rings is 2. The first-order valence-electron chi connectivity index (χ1n) is 9.53. The predicted octanol–water partition coefficient (Wildman–Crippen LogP) is 3.61. The van der Waals surface area contributed by atoms with Crippen LogP contribution in [-0.4, -0.2) is 44.7 Å². The van der Waals surface area contributed by atoms with E-state index in [1.54, 1.807) is 12.1 Å². The van der Waals surface area contributed by atoms with Crippen molar-refractivity contribution in [3.05, 3.63) is 65.7 Å². The van der Waals surface area contributed by atoms with Crippen LogP contribution in [0.1, 0.15) is 37.8 Å². The van der Waals surface area contributed by atoms with Gasteiger partial charge in [0.2, 0.25) is 0 Å². The van der Waals surface area contributed by atoms with Crippen LogP contribution >= 0.6 is 12.4 Å². The zero-order valence-electron chi connectivity index (χ0n) is 16.8. The number of nitrogens with two attached hydrogens (primary N) is 1. The van der Waals surface area contributed by atoms with Crippen LogP contribution in [0.4, 0.5) is 0 Å². The van der Waals surface area contributed by atoms with Gasteiger partial charge in [0, 0.05) is 31.6 Å². The summed E-state index contributed by atoms with van der Waals surface area (Å²) in [5, 5.41) is 0. The SMILES string of the molecule is CC(C)(C)c1ccc(S(=O)(=O)CCN2C[C@@H](N)[C@H](c3ccccc3)C2)cc1.Cl. The van der Waals surface area contributed by atoms with Gasteiger partial charge in [-0.1, -0.05) is 63.2 Å². The molecule has 3 rings (SSSR count). The van der Waals surface area contributed by atoms with E-state index >= 15 is 0 Å². The molecule has 0 saturated carbocycles. The van der Waals surface area contributed by atoms with Gasteiger partial charge in [0.15, 0.2) is 9.84 Å². The number of halogens is 1. The van der Waals surface area contributed by atoms with Crippen LogP contribution in [0, 0.1) is 0 Å². The van der Waals surface area contributed by atoms with Crippen LogP contribution in [0.5, 0.6) is 0 Å². The largest absolute Gasteiger partial charge is 0.326 e. The number of hydrogen-bond acceptors (Lipinski definition) is 4. The smallest absolute Gasteiger partial charge is 0.179 e. The topological polar surface area (TPSA) is 63.4 Å². The molecule has 1 saturated heterocycles. The van der Waals surface area contributed by atoms with Gasteiger partial charge < -0.3 is 10.6 Å². The van der Waals surface area contributed by atoms with Crippen LogP contribution < -0.4 is 5.73 Å². The minimum absolute atomic E-state index is 0. The van der Waals surface area contributed by atoms with Gasteiger partial charge in [-0.3, -0.25) is 0 Å². The average Bonchev–Trinajstić information content (AvgIpc) is 3.01. The minimum atomic E-state index is -3.29. The fourth-order valence-electron chi connectivity index (χ4n) is 3.68. The molecule has 2 aromatic rings. The zero-order valence-corrected chi connectivity index (χ0v) is 18.5. The van der Waals surface area contributed by atoms with Crippen molar-refractivity contribution in [2.75, 3.05) is 25.4 Å². The lowest BCUT2D eigenvalue weighted by molar-refractivity contribution is 0.351. The Balaban J connectivity index is 0.00000280. The molecule has 1 aliphatic heterocycles. The number of sulfone groups is 1. The quantitative estimate of drug-likeness (QED) is 0.799. The van der Waals surface area contributed by atoms with E-state index < -0.39 is 9.84 Å². The lowest BCUT2D eigenvalue weighted by atomic mass is 9.87. The molecule has 28 heavy (non-hydrogen) atoms. The Morgan fingerprint density at radius 3 is 2.18 bits per heavy atom. The molecular weight excluding hydrogens is 392 g/mol. The van der Waals surface area contributed by atoms with Crippen molar-refractivity contribution in [2.24, 2.45) is 5.73 Å². The second-order valence-corrected chi connectivity index (χ2v) is 10.6. The van der Waals surface area contributed by atoms with Crippen molar-refractivity contribution in [2.45, 2.75) is 43.0 Å². The lowest BCUT2D eigenvalue weighted by Crippen LogP contribution is -2.31. The molecular formula is C22H31ClN2O2S. The van der Waals surface area contributed by atoms with Crippen molar-refractivity contribution in [3.8, 4) is 0 Å². The summed E-state index contributed by atoms with van der Waals surface area (Å²) in [6, 6.07) is 17.6. The lowest BCUT2D eigenvalue weighted by Gasteiger charge is -2.19. The van der Waals surface area contributed by atoms with Gasteiger partial charge in [0.25, 0.3) is 0 Å². The summed E-state index contributed by atoms with van der Waals surface area (Å²) in [5.41, 5.74) is 8.70. The van der Waals surface area contributed by atoms with Gasteiger partial charge in [0.1, 0.15) is 0 Å². The molecule has 1 heterocycles. The summed E-state index contributed by atoms with van der Waals surface area (Å²) < 4.78 is 25.4. The number of nitrogens with zero attached hydrogens (tertiary/aromatic N) is 1. The molecule has 0 aromatic heterocycles. The molecule has 2 aromatic carbocycles. The third kappa shape index (κ3) is 5.35. The minimum Gasteiger partial charge on any atom is -0.326 e. The van der Waals surface area contributed by atoms with E-state index in [0.29, 0.717) is 11.4 Å². The Bertz CT molecular complexity index is 862. The first kappa shape index (κ1) is 22.9. The van der Waals surface area contributed by atoms with Crippen molar-refractivity contribution in [1.82, 2.24) is 4.90 Å². The second kappa shape index (κ2) is 8.95. The van der Waals surface area contributed by atoms with Crippen molar-refractivity contribution in [1.29, 1.82) is 0 Å². The molecule has 0 spiro atoms. The fourth-order valence-corrected chi connectivity index (χ4v) is 4.96. The highest BCUT2D eigenvalue weighted by Gasteiger charge is 2.31. The van der Waals surface area contributed by atoms with Gasteiger partial charge in [-0.2, -0.15) is 0 Å². The summed E-state index contributed by atoms with van der Waals surface area (Å²) in [6.45, 7) is 8.42. The summed E-state index contributed by atoms with van der Waals surface area (Å²) in [5.74, 6) is 0.385. The van der Waals surface area contributed by atoms with E-state index in [4.69, 9.17) is 5.73 Å². The molecule has 4 nitrogen and oxygen atoms in total. The van der Waals surface area contributed by atoms with Gasteiger partial charge in [-0.05, 0) is 28.7 Å². The van der Waals surface area contributed by atoms with Crippen molar-refractivity contribution >= 4 is 22.2 Å². The maximum absolute atomic E-state index is 12.7. The highest BCUT2D eigenvalue weighted by atomic mass is 35.5. The van der Waals surface area contributed by atoms with Crippen LogP contribution in [0.3, 0.4) is 0 Å². The van der Waals surface area contributed by atoms with Crippen LogP contribution in [0.2, 0.25) is 0 Å². The molecule has 1 fully saturated rings. The normalized spacial score (nSPS) is 20.7. The maximum Gasteiger partial charge on any atom is 0.179 e. The van der Waals surface area contributed by atoms with Gasteiger partial charge in [0.05, 0.1) is 10.6 Å². The van der Waals surface area contributed by atoms with E-state index in [0.717, 1.165) is 18.7 Å². The molecule has 0 bridgehead atoms. The highest BCUT2D eigenvalue weighted by Crippen LogP contribution is 2.27.